The second-order valence-corrected chi connectivity index (χ2v) is 3.69. The first kappa shape index (κ1) is 10.3. The second kappa shape index (κ2) is 5.07. The van der Waals surface area contributed by atoms with E-state index in [1.165, 1.54) is 19.3 Å². The summed E-state index contributed by atoms with van der Waals surface area (Å²) in [5.74, 6) is 1.10. The molecule has 0 spiro atoms. The van der Waals surface area contributed by atoms with Gasteiger partial charge in [-0.25, -0.2) is 0 Å². The fourth-order valence-electron chi connectivity index (χ4n) is 1.53. The van der Waals surface area contributed by atoms with Crippen LogP contribution < -0.4 is 11.1 Å². The van der Waals surface area contributed by atoms with Crippen molar-refractivity contribution in [1.82, 2.24) is 5.32 Å². The van der Waals surface area contributed by atoms with Crippen molar-refractivity contribution in [3.05, 3.63) is 0 Å². The average Bonchev–Trinajstić information content (AvgIpc) is 2.08. The Hall–Kier alpha value is -0.770. The Bertz CT molecular complexity index is 178. The summed E-state index contributed by atoms with van der Waals surface area (Å²) in [5.41, 5.74) is 5.51. The third-order valence-electron chi connectivity index (χ3n) is 2.76. The molecule has 0 radical (unpaired) electrons. The van der Waals surface area contributed by atoms with Crippen LogP contribution in [0.4, 0.5) is 0 Å². The van der Waals surface area contributed by atoms with Crippen LogP contribution in [0, 0.1) is 5.92 Å². The lowest BCUT2D eigenvalue weighted by Crippen LogP contribution is -2.43. The van der Waals surface area contributed by atoms with Crippen molar-refractivity contribution in [3.63, 3.8) is 0 Å². The molecule has 0 amide bonds. The van der Waals surface area contributed by atoms with Gasteiger partial charge in [0, 0.05) is 0 Å². The van der Waals surface area contributed by atoms with E-state index in [2.05, 4.69) is 10.5 Å². The standard InChI is InChI=1S/C9H19N3O/c1-2-8(9(10)12-13)11-6-7-4-3-5-7/h7-8,11,13H,2-6H2,1H3,(H2,10,12). The highest BCUT2D eigenvalue weighted by molar-refractivity contribution is 5.85. The molecule has 0 heterocycles. The van der Waals surface area contributed by atoms with Crippen molar-refractivity contribution in [2.45, 2.75) is 38.6 Å². The summed E-state index contributed by atoms with van der Waals surface area (Å²) in [5, 5.41) is 14.8. The molecule has 4 nitrogen and oxygen atoms in total. The van der Waals surface area contributed by atoms with Gasteiger partial charge in [0.25, 0.3) is 0 Å². The fraction of sp³-hybridized carbons (Fsp3) is 0.889. The van der Waals surface area contributed by atoms with E-state index in [0.29, 0.717) is 5.84 Å². The van der Waals surface area contributed by atoms with E-state index in [1.807, 2.05) is 6.92 Å². The highest BCUT2D eigenvalue weighted by Crippen LogP contribution is 2.25. The summed E-state index contributed by atoms with van der Waals surface area (Å²) in [6.07, 6.45) is 4.86. The number of rotatable bonds is 5. The molecule has 0 aromatic rings. The van der Waals surface area contributed by atoms with Gasteiger partial charge in [-0.05, 0) is 31.7 Å². The van der Waals surface area contributed by atoms with Crippen LogP contribution >= 0.6 is 0 Å². The van der Waals surface area contributed by atoms with E-state index in [0.717, 1.165) is 18.9 Å². The highest BCUT2D eigenvalue weighted by atomic mass is 16.4. The Kier molecular flexibility index (Phi) is 4.02. The molecule has 1 fully saturated rings. The van der Waals surface area contributed by atoms with Crippen LogP contribution in [0.5, 0.6) is 0 Å². The normalized spacial score (nSPS) is 21.2. The molecule has 1 aliphatic rings. The van der Waals surface area contributed by atoms with Gasteiger partial charge in [-0.2, -0.15) is 0 Å². The smallest absolute Gasteiger partial charge is 0.156 e. The maximum atomic E-state index is 8.50. The van der Waals surface area contributed by atoms with Crippen molar-refractivity contribution in [3.8, 4) is 0 Å². The minimum absolute atomic E-state index is 0.0330. The molecule has 0 aromatic heterocycles. The van der Waals surface area contributed by atoms with E-state index in [1.54, 1.807) is 0 Å². The number of oxime groups is 1. The third-order valence-corrected chi connectivity index (χ3v) is 2.76. The molecule has 1 rings (SSSR count). The monoisotopic (exact) mass is 185 g/mol. The van der Waals surface area contributed by atoms with Gasteiger partial charge in [0.1, 0.15) is 0 Å². The van der Waals surface area contributed by atoms with Gasteiger partial charge in [0.05, 0.1) is 6.04 Å². The van der Waals surface area contributed by atoms with Crippen molar-refractivity contribution in [1.29, 1.82) is 0 Å². The highest BCUT2D eigenvalue weighted by Gasteiger charge is 2.19. The summed E-state index contributed by atoms with van der Waals surface area (Å²) in [6, 6.07) is 0.0330. The van der Waals surface area contributed by atoms with E-state index in [9.17, 15) is 0 Å². The van der Waals surface area contributed by atoms with Crippen molar-refractivity contribution < 1.29 is 5.21 Å². The van der Waals surface area contributed by atoms with Gasteiger partial charge in [-0.1, -0.05) is 18.5 Å². The van der Waals surface area contributed by atoms with Crippen LogP contribution in [-0.4, -0.2) is 23.6 Å². The summed E-state index contributed by atoms with van der Waals surface area (Å²) in [4.78, 5) is 0. The summed E-state index contributed by atoms with van der Waals surface area (Å²) in [7, 11) is 0. The maximum absolute atomic E-state index is 8.50. The first-order valence-electron chi connectivity index (χ1n) is 4.98. The molecule has 1 atom stereocenters. The lowest BCUT2D eigenvalue weighted by atomic mass is 9.85. The number of nitrogens with one attached hydrogen (secondary N) is 1. The van der Waals surface area contributed by atoms with Crippen LogP contribution in [0.3, 0.4) is 0 Å². The SMILES string of the molecule is CCC(NCC1CCC1)C(N)=NO. The Morgan fingerprint density at radius 2 is 2.38 bits per heavy atom. The van der Waals surface area contributed by atoms with E-state index in [4.69, 9.17) is 10.9 Å². The van der Waals surface area contributed by atoms with Crippen LogP contribution in [0.1, 0.15) is 32.6 Å². The molecule has 4 heteroatoms. The van der Waals surface area contributed by atoms with Gasteiger partial charge in [0.15, 0.2) is 5.84 Å². The first-order valence-corrected chi connectivity index (χ1v) is 4.98. The van der Waals surface area contributed by atoms with E-state index < -0.39 is 0 Å². The van der Waals surface area contributed by atoms with Crippen molar-refractivity contribution in [2.24, 2.45) is 16.8 Å². The topological polar surface area (TPSA) is 70.6 Å². The molecule has 1 saturated carbocycles. The van der Waals surface area contributed by atoms with Crippen molar-refractivity contribution >= 4 is 5.84 Å². The van der Waals surface area contributed by atoms with Crippen LogP contribution in [0.25, 0.3) is 0 Å². The number of nitrogens with zero attached hydrogens (tertiary/aromatic N) is 1. The predicted molar refractivity (Wildman–Crippen MR) is 52.8 cm³/mol. The quantitative estimate of drug-likeness (QED) is 0.258. The molecule has 0 saturated heterocycles. The number of hydrogen-bond donors (Lipinski definition) is 3. The molecule has 4 N–H and O–H groups in total. The minimum Gasteiger partial charge on any atom is -0.409 e. The Labute approximate surface area is 79.2 Å². The maximum Gasteiger partial charge on any atom is 0.156 e. The zero-order chi connectivity index (χ0) is 9.68. The zero-order valence-corrected chi connectivity index (χ0v) is 8.16. The summed E-state index contributed by atoms with van der Waals surface area (Å²) in [6.45, 7) is 3.02. The third kappa shape index (κ3) is 2.88. The van der Waals surface area contributed by atoms with Gasteiger partial charge in [-0.3, -0.25) is 0 Å². The van der Waals surface area contributed by atoms with Crippen molar-refractivity contribution in [2.75, 3.05) is 6.54 Å². The lowest BCUT2D eigenvalue weighted by molar-refractivity contribution is 0.291. The lowest BCUT2D eigenvalue weighted by Gasteiger charge is -2.27. The Morgan fingerprint density at radius 3 is 2.77 bits per heavy atom. The predicted octanol–water partition coefficient (Wildman–Crippen LogP) is 0.901. The number of nitrogens with two attached hydrogens (primary N) is 1. The van der Waals surface area contributed by atoms with Gasteiger partial charge in [-0.15, -0.1) is 0 Å². The molecular formula is C9H19N3O. The largest absolute Gasteiger partial charge is 0.409 e. The van der Waals surface area contributed by atoms with Gasteiger partial charge >= 0.3 is 0 Å². The molecule has 0 bridgehead atoms. The minimum atomic E-state index is 0.0330. The number of amidine groups is 1. The van der Waals surface area contributed by atoms with Gasteiger partial charge < -0.3 is 16.3 Å². The van der Waals surface area contributed by atoms with Gasteiger partial charge in [0.2, 0.25) is 0 Å². The fourth-order valence-corrected chi connectivity index (χ4v) is 1.53. The van der Waals surface area contributed by atoms with Crippen LogP contribution in [-0.2, 0) is 0 Å². The van der Waals surface area contributed by atoms with Crippen LogP contribution in [0.15, 0.2) is 5.16 Å². The first-order chi connectivity index (χ1) is 6.27. The Balaban J connectivity index is 2.22. The molecule has 1 unspecified atom stereocenters. The molecular weight excluding hydrogens is 166 g/mol. The zero-order valence-electron chi connectivity index (χ0n) is 8.16. The molecule has 1 aliphatic carbocycles. The Morgan fingerprint density at radius 1 is 1.69 bits per heavy atom. The summed E-state index contributed by atoms with van der Waals surface area (Å²) < 4.78 is 0. The summed E-state index contributed by atoms with van der Waals surface area (Å²) >= 11 is 0. The van der Waals surface area contributed by atoms with E-state index >= 15 is 0 Å². The molecule has 0 aromatic carbocycles. The molecule has 0 aliphatic heterocycles. The number of hydrogen-bond acceptors (Lipinski definition) is 3. The van der Waals surface area contributed by atoms with E-state index in [-0.39, 0.29) is 6.04 Å². The molecule has 76 valence electrons. The molecule has 13 heavy (non-hydrogen) atoms. The average molecular weight is 185 g/mol. The second-order valence-electron chi connectivity index (χ2n) is 3.69. The van der Waals surface area contributed by atoms with Crippen LogP contribution in [0.2, 0.25) is 0 Å².